The van der Waals surface area contributed by atoms with Crippen LogP contribution in [-0.2, 0) is 76.7 Å². The predicted molar refractivity (Wildman–Crippen MR) is 365 cm³/mol. The monoisotopic (exact) mass is 1440 g/mol. The number of unbranched alkanes of at least 4 members (excludes halogenated alkanes) is 1. The largest absolute Gasteiger partial charge is 0.481 e. The summed E-state index contributed by atoms with van der Waals surface area (Å²) in [6, 6.07) is -18.7. The molecule has 0 aromatic carbocycles. The highest BCUT2D eigenvalue weighted by atomic mass is 16.4. The van der Waals surface area contributed by atoms with Gasteiger partial charge in [0.15, 0.2) is 5.96 Å². The summed E-state index contributed by atoms with van der Waals surface area (Å²) < 4.78 is 0. The number of nitrogens with one attached hydrogen (secondary N) is 13. The van der Waals surface area contributed by atoms with Crippen molar-refractivity contribution in [3.05, 3.63) is 0 Å². The summed E-state index contributed by atoms with van der Waals surface area (Å²) in [4.78, 5) is 213. The van der Waals surface area contributed by atoms with Gasteiger partial charge in [0.2, 0.25) is 76.8 Å². The minimum atomic E-state index is -1.84. The van der Waals surface area contributed by atoms with Crippen molar-refractivity contribution in [3.8, 4) is 0 Å². The molecule has 0 radical (unpaired) electrons. The SMILES string of the molecule is CC[C@H](C)[C@H](N)C(=O)N[C@@H](CC(=O)O)C(=O)N[C@@H](CCC(N)=O)C(=O)N[C@@H](CCC(N)=O)C(=O)N[C@H](C(=O)N[C@@H](CC(C)C)C(=O)N[C@@H](CO)C(=O)N[C@@H](CCCNC(=N)N)C(=O)N[C@H](C(=O)N[C@@H](CCCCN)C(=O)N[C@@H](CC(C)C)C(=O)N[C@@H](CCC(=O)O)C(=O)O)[C@@H](C)CC)C(C)C. The zero-order valence-corrected chi connectivity index (χ0v) is 59.5. The lowest BCUT2D eigenvalue weighted by Gasteiger charge is -2.30. The van der Waals surface area contributed by atoms with Crippen molar-refractivity contribution in [3.63, 3.8) is 0 Å². The fraction of sp³-hybridized carbons (Fsp3) is 0.730. The molecular formula is C63H112N18O20. The Hall–Kier alpha value is -9.33. The van der Waals surface area contributed by atoms with Crippen LogP contribution in [0.5, 0.6) is 0 Å². The molecule has 0 bridgehead atoms. The number of amides is 13. The van der Waals surface area contributed by atoms with E-state index in [1.165, 1.54) is 13.8 Å². The van der Waals surface area contributed by atoms with Crippen molar-refractivity contribution in [1.29, 1.82) is 5.41 Å². The number of primary amides is 2. The summed E-state index contributed by atoms with van der Waals surface area (Å²) in [5.74, 6) is -20.4. The maximum Gasteiger partial charge on any atom is 0.326 e. The summed E-state index contributed by atoms with van der Waals surface area (Å²) in [5, 5.41) is 76.2. The average molecular weight is 1440 g/mol. The maximum atomic E-state index is 14.5. The van der Waals surface area contributed by atoms with E-state index in [1.54, 1.807) is 55.4 Å². The number of rotatable bonds is 52. The normalized spacial score (nSPS) is 15.4. The first-order chi connectivity index (χ1) is 47.1. The van der Waals surface area contributed by atoms with Gasteiger partial charge in [-0.2, -0.15) is 0 Å². The lowest BCUT2D eigenvalue weighted by atomic mass is 9.96. The minimum absolute atomic E-state index is 0.00888. The highest BCUT2D eigenvalue weighted by Gasteiger charge is 2.39. The van der Waals surface area contributed by atoms with Crippen LogP contribution in [0, 0.1) is 35.0 Å². The average Bonchev–Trinajstić information content (AvgIpc) is 0.856. The Morgan fingerprint density at radius 1 is 0.396 bits per heavy atom. The number of carbonyl (C=O) groups excluding carboxylic acids is 13. The topological polar surface area (TPSA) is 652 Å². The van der Waals surface area contributed by atoms with Crippen LogP contribution in [0.3, 0.4) is 0 Å². The highest BCUT2D eigenvalue weighted by Crippen LogP contribution is 2.16. The summed E-state index contributed by atoms with van der Waals surface area (Å²) in [7, 11) is 0. The third kappa shape index (κ3) is 36.5. The summed E-state index contributed by atoms with van der Waals surface area (Å²) in [6.45, 7) is 15.6. The molecule has 27 N–H and O–H groups in total. The molecule has 0 aliphatic carbocycles. The summed E-state index contributed by atoms with van der Waals surface area (Å²) in [5.41, 5.74) is 28.0. The van der Waals surface area contributed by atoms with E-state index >= 15 is 0 Å². The third-order valence-electron chi connectivity index (χ3n) is 16.2. The van der Waals surface area contributed by atoms with Crippen molar-refractivity contribution < 1.29 is 97.1 Å². The molecule has 0 heterocycles. The number of aliphatic carboxylic acids is 3. The molecule has 38 heteroatoms. The van der Waals surface area contributed by atoms with Crippen LogP contribution < -0.4 is 92.5 Å². The van der Waals surface area contributed by atoms with E-state index in [1.807, 2.05) is 0 Å². The van der Waals surface area contributed by atoms with Crippen LogP contribution in [-0.4, -0.2) is 213 Å². The third-order valence-corrected chi connectivity index (χ3v) is 16.2. The van der Waals surface area contributed by atoms with Crippen LogP contribution in [0.25, 0.3) is 0 Å². The summed E-state index contributed by atoms with van der Waals surface area (Å²) >= 11 is 0. The Morgan fingerprint density at radius 3 is 1.16 bits per heavy atom. The Kier molecular flexibility index (Phi) is 43.3. The Balaban J connectivity index is 7.09. The molecule has 0 saturated carbocycles. The molecule has 0 spiro atoms. The van der Waals surface area contributed by atoms with E-state index in [-0.39, 0.29) is 69.9 Å². The molecule has 0 fully saturated rings. The zero-order chi connectivity index (χ0) is 77.6. The maximum absolute atomic E-state index is 14.5. The van der Waals surface area contributed by atoms with Crippen molar-refractivity contribution in [1.82, 2.24) is 63.8 Å². The van der Waals surface area contributed by atoms with Crippen LogP contribution in [0.15, 0.2) is 0 Å². The van der Waals surface area contributed by atoms with Gasteiger partial charge in [-0.05, 0) is 100 Å². The van der Waals surface area contributed by atoms with Gasteiger partial charge in [-0.25, -0.2) is 4.79 Å². The molecule has 0 aliphatic rings. The second-order valence-electron chi connectivity index (χ2n) is 26.2. The quantitative estimate of drug-likeness (QED) is 0.0154. The number of hydrogen-bond acceptors (Lipinski definition) is 20. The lowest BCUT2D eigenvalue weighted by molar-refractivity contribution is -0.144. The molecule has 38 nitrogen and oxygen atoms in total. The van der Waals surface area contributed by atoms with E-state index < -0.39 is 242 Å². The van der Waals surface area contributed by atoms with Gasteiger partial charge in [0, 0.05) is 25.8 Å². The smallest absolute Gasteiger partial charge is 0.326 e. The number of carbonyl (C=O) groups is 16. The molecule has 0 aliphatic heterocycles. The molecule has 0 aromatic heterocycles. The van der Waals surface area contributed by atoms with Crippen molar-refractivity contribution in [2.24, 2.45) is 58.3 Å². The second-order valence-corrected chi connectivity index (χ2v) is 26.2. The first-order valence-electron chi connectivity index (χ1n) is 33.9. The van der Waals surface area contributed by atoms with E-state index in [0.29, 0.717) is 12.8 Å². The molecule has 0 rings (SSSR count). The molecule has 0 aromatic rings. The number of guanidine groups is 1. The minimum Gasteiger partial charge on any atom is -0.481 e. The molecule has 574 valence electrons. The number of aliphatic hydroxyl groups is 1. The zero-order valence-electron chi connectivity index (χ0n) is 59.5. The number of carboxylic acids is 3. The van der Waals surface area contributed by atoms with E-state index in [4.69, 9.17) is 39.2 Å². The number of nitrogens with two attached hydrogens (primary N) is 5. The van der Waals surface area contributed by atoms with Gasteiger partial charge >= 0.3 is 17.9 Å². The standard InChI is InChI=1S/C63H112N18O20/c1-11-33(9)48(67)59(97)77-42(28-47(87)88)57(95)73-37(18-21-44(65)83)52(90)72-38(19-22-45(66)84)54(92)80-49(32(7)8)60(98)78-41(27-31(5)6)56(94)79-43(29-82)58(96)71-36(17-15-25-70-63(68)69)53(91)81-50(34(10)12-2)61(99)74-35(16-13-14-24-64)51(89)76-40(26-30(3)4)55(93)75-39(62(100)101)20-23-46(85)86/h30-43,48-50,82H,11-29,64,67H2,1-10H3,(H2,65,83)(H2,66,84)(H,71,96)(H,72,90)(H,73,95)(H,74,99)(H,75,93)(H,76,89)(H,77,97)(H,78,98)(H,79,94)(H,80,92)(H,81,91)(H,85,86)(H,87,88)(H,100,101)(H4,68,69,70)/t33-,34-,35-,36-,37-,38-,39-,40-,41-,42-,43-,48-,49-,50-/m0/s1. The van der Waals surface area contributed by atoms with Gasteiger partial charge in [-0.3, -0.25) is 77.3 Å². The van der Waals surface area contributed by atoms with Crippen LogP contribution in [0.4, 0.5) is 0 Å². The Labute approximate surface area is 587 Å². The molecule has 13 amide bonds. The Bertz CT molecular complexity index is 2830. The molecular weight excluding hydrogens is 1330 g/mol. The van der Waals surface area contributed by atoms with Gasteiger partial charge in [-0.1, -0.05) is 82.1 Å². The molecule has 0 unspecified atom stereocenters. The van der Waals surface area contributed by atoms with Gasteiger partial charge < -0.3 is 113 Å². The van der Waals surface area contributed by atoms with Crippen LogP contribution in [0.1, 0.15) is 172 Å². The number of aliphatic hydroxyl groups excluding tert-OH is 1. The highest BCUT2D eigenvalue weighted by molar-refractivity contribution is 6.00. The first-order valence-corrected chi connectivity index (χ1v) is 33.9. The van der Waals surface area contributed by atoms with Crippen molar-refractivity contribution in [2.45, 2.75) is 244 Å². The molecule has 0 saturated heterocycles. The predicted octanol–water partition coefficient (Wildman–Crippen LogP) is -5.17. The number of carboxylic acid groups (broad SMARTS) is 3. The van der Waals surface area contributed by atoms with Gasteiger partial charge in [0.25, 0.3) is 0 Å². The fourth-order valence-corrected chi connectivity index (χ4v) is 9.86. The van der Waals surface area contributed by atoms with E-state index in [9.17, 15) is 92.0 Å². The number of hydrogen-bond donors (Lipinski definition) is 22. The molecule has 101 heavy (non-hydrogen) atoms. The fourth-order valence-electron chi connectivity index (χ4n) is 9.86. The molecule has 14 atom stereocenters. The lowest BCUT2D eigenvalue weighted by Crippen LogP contribution is -2.62. The first kappa shape index (κ1) is 91.7. The van der Waals surface area contributed by atoms with Crippen molar-refractivity contribution in [2.75, 3.05) is 19.7 Å². The van der Waals surface area contributed by atoms with Gasteiger partial charge in [0.05, 0.1) is 19.1 Å². The Morgan fingerprint density at radius 2 is 0.752 bits per heavy atom. The van der Waals surface area contributed by atoms with Crippen LogP contribution in [0.2, 0.25) is 0 Å². The van der Waals surface area contributed by atoms with E-state index in [2.05, 4.69) is 63.8 Å². The summed E-state index contributed by atoms with van der Waals surface area (Å²) in [6.07, 6.45) is -3.17. The van der Waals surface area contributed by atoms with Crippen LogP contribution >= 0.6 is 0 Å². The van der Waals surface area contributed by atoms with E-state index in [0.717, 1.165) is 0 Å². The second kappa shape index (κ2) is 47.7. The van der Waals surface area contributed by atoms with Gasteiger partial charge in [0.1, 0.15) is 66.5 Å². The van der Waals surface area contributed by atoms with Crippen molar-refractivity contribution >= 4 is 101 Å². The van der Waals surface area contributed by atoms with Gasteiger partial charge in [-0.15, -0.1) is 0 Å².